The lowest BCUT2D eigenvalue weighted by molar-refractivity contribution is -0.110. The van der Waals surface area contributed by atoms with Gasteiger partial charge in [0.15, 0.2) is 5.76 Å². The molecule has 172 valence electrons. The normalized spacial score (nSPS) is 19.1. The smallest absolute Gasteiger partial charge is 0.260 e. The minimum atomic E-state index is -0.443. The van der Waals surface area contributed by atoms with Crippen molar-refractivity contribution in [2.24, 2.45) is 0 Å². The molecule has 1 aromatic heterocycles. The number of nitrogens with zero attached hydrogens (tertiary/aromatic N) is 2. The Balaban J connectivity index is 0.00000259. The highest BCUT2D eigenvalue weighted by Crippen LogP contribution is 2.42. The number of hydrogen-bond donors (Lipinski definition) is 2. The number of carbonyl (C=O) groups is 1. The van der Waals surface area contributed by atoms with Gasteiger partial charge in [-0.3, -0.25) is 4.79 Å². The molecule has 1 saturated heterocycles. The SMILES string of the molecule is COc1cc(C(O)=C2C(=O)Nc3cc(Cl)c(-c4ccc(C5CCN(C)C5)cc4)cc32)on1.Cl. The molecule has 7 nitrogen and oxygen atoms in total. The minimum Gasteiger partial charge on any atom is -0.504 e. The molecule has 2 N–H and O–H groups in total. The van der Waals surface area contributed by atoms with E-state index < -0.39 is 5.91 Å². The highest BCUT2D eigenvalue weighted by Gasteiger charge is 2.31. The molecule has 5 rings (SSSR count). The first-order valence-electron chi connectivity index (χ1n) is 10.3. The second kappa shape index (κ2) is 9.09. The van der Waals surface area contributed by atoms with Crippen LogP contribution in [0.15, 0.2) is 47.0 Å². The molecule has 2 aliphatic rings. The van der Waals surface area contributed by atoms with Gasteiger partial charge in [0.1, 0.15) is 0 Å². The molecule has 33 heavy (non-hydrogen) atoms. The number of amides is 1. The summed E-state index contributed by atoms with van der Waals surface area (Å²) in [6, 6.07) is 13.3. The quantitative estimate of drug-likeness (QED) is 0.387. The van der Waals surface area contributed by atoms with Gasteiger partial charge in [0.05, 0.1) is 29.5 Å². The van der Waals surface area contributed by atoms with Crippen LogP contribution in [0.25, 0.3) is 22.5 Å². The molecule has 3 heterocycles. The lowest BCUT2D eigenvalue weighted by Crippen LogP contribution is -2.13. The lowest BCUT2D eigenvalue weighted by atomic mass is 9.94. The first kappa shape index (κ1) is 23.2. The number of carbonyl (C=O) groups excluding carboxylic acids is 1. The van der Waals surface area contributed by atoms with E-state index in [1.807, 2.05) is 6.07 Å². The third kappa shape index (κ3) is 4.19. The Hall–Kier alpha value is -3.00. The van der Waals surface area contributed by atoms with E-state index in [9.17, 15) is 9.90 Å². The largest absolute Gasteiger partial charge is 0.504 e. The van der Waals surface area contributed by atoms with E-state index in [1.54, 1.807) is 6.07 Å². The zero-order valence-corrected chi connectivity index (χ0v) is 19.7. The van der Waals surface area contributed by atoms with Crippen LogP contribution in [0.3, 0.4) is 0 Å². The maximum absolute atomic E-state index is 12.6. The summed E-state index contributed by atoms with van der Waals surface area (Å²) in [5, 5.41) is 17.7. The van der Waals surface area contributed by atoms with Gasteiger partial charge in [0.25, 0.3) is 11.8 Å². The van der Waals surface area contributed by atoms with Crippen molar-refractivity contribution in [3.63, 3.8) is 0 Å². The van der Waals surface area contributed by atoms with Gasteiger partial charge in [0, 0.05) is 17.7 Å². The highest BCUT2D eigenvalue weighted by atomic mass is 35.5. The van der Waals surface area contributed by atoms with E-state index >= 15 is 0 Å². The molecule has 1 fully saturated rings. The number of aliphatic hydroxyl groups is 1. The van der Waals surface area contributed by atoms with Gasteiger partial charge < -0.3 is 24.6 Å². The van der Waals surface area contributed by atoms with Gasteiger partial charge in [-0.05, 0) is 54.3 Å². The Morgan fingerprint density at radius 1 is 1.24 bits per heavy atom. The van der Waals surface area contributed by atoms with Crippen LogP contribution in [0.5, 0.6) is 5.88 Å². The Bertz CT molecular complexity index is 1240. The number of methoxy groups -OCH3 is 1. The number of fused-ring (bicyclic) bond motifs is 1. The molecule has 9 heteroatoms. The Kier molecular flexibility index (Phi) is 6.38. The minimum absolute atomic E-state index is 0. The molecule has 2 aromatic carbocycles. The van der Waals surface area contributed by atoms with Gasteiger partial charge in [-0.25, -0.2) is 0 Å². The van der Waals surface area contributed by atoms with Crippen molar-refractivity contribution in [1.82, 2.24) is 10.1 Å². The van der Waals surface area contributed by atoms with Crippen LogP contribution in [0, 0.1) is 0 Å². The number of anilines is 1. The fraction of sp³-hybridized carbons (Fsp3) is 0.250. The van der Waals surface area contributed by atoms with Gasteiger partial charge in [-0.1, -0.05) is 35.9 Å². The molecule has 1 amide bonds. The van der Waals surface area contributed by atoms with Crippen LogP contribution < -0.4 is 10.1 Å². The predicted molar refractivity (Wildman–Crippen MR) is 130 cm³/mol. The number of aromatic nitrogens is 1. The molecular weight excluding hydrogens is 465 g/mol. The number of nitrogens with one attached hydrogen (secondary N) is 1. The van der Waals surface area contributed by atoms with Crippen LogP contribution in [0.1, 0.15) is 29.2 Å². The summed E-state index contributed by atoms with van der Waals surface area (Å²) in [4.78, 5) is 15.0. The van der Waals surface area contributed by atoms with Crippen molar-refractivity contribution in [3.8, 4) is 17.0 Å². The summed E-state index contributed by atoms with van der Waals surface area (Å²) in [5.74, 6) is 0.0305. The molecule has 3 aromatic rings. The molecule has 0 spiro atoms. The predicted octanol–water partition coefficient (Wildman–Crippen LogP) is 5.22. The first-order chi connectivity index (χ1) is 15.4. The summed E-state index contributed by atoms with van der Waals surface area (Å²) in [7, 11) is 3.58. The first-order valence-corrected chi connectivity index (χ1v) is 10.7. The number of likely N-dealkylation sites (tertiary alicyclic amines) is 1. The number of ether oxygens (including phenoxy) is 1. The molecule has 0 aliphatic carbocycles. The molecule has 1 atom stereocenters. The Morgan fingerprint density at radius 3 is 2.64 bits per heavy atom. The van der Waals surface area contributed by atoms with E-state index in [1.165, 1.54) is 18.7 Å². The van der Waals surface area contributed by atoms with Crippen molar-refractivity contribution >= 4 is 46.9 Å². The standard InChI is InChI=1S/C24H22ClN3O4.ClH/c1-28-8-7-15(12-28)13-3-5-14(6-4-13)16-9-17-19(10-18(16)25)26-24(30)22(17)23(29)20-11-21(31-2)27-32-20;/h3-6,9-11,15,29H,7-8,12H2,1-2H3,(H,26,30);1H. The average Bonchev–Trinajstić information content (AvgIpc) is 3.51. The second-order valence-electron chi connectivity index (χ2n) is 8.16. The van der Waals surface area contributed by atoms with Crippen LogP contribution >= 0.6 is 24.0 Å². The number of rotatable bonds is 4. The van der Waals surface area contributed by atoms with Crippen molar-refractivity contribution in [2.45, 2.75) is 12.3 Å². The van der Waals surface area contributed by atoms with Crippen molar-refractivity contribution in [3.05, 3.63) is 64.4 Å². The molecule has 0 radical (unpaired) electrons. The molecule has 0 saturated carbocycles. The third-order valence-electron chi connectivity index (χ3n) is 6.10. The van der Waals surface area contributed by atoms with E-state index in [0.717, 1.165) is 30.6 Å². The van der Waals surface area contributed by atoms with E-state index in [4.69, 9.17) is 20.9 Å². The molecule has 2 aliphatic heterocycles. The van der Waals surface area contributed by atoms with Crippen LogP contribution in [0.2, 0.25) is 5.02 Å². The van der Waals surface area contributed by atoms with Gasteiger partial charge in [-0.15, -0.1) is 12.4 Å². The summed E-state index contributed by atoms with van der Waals surface area (Å²) in [6.45, 7) is 2.17. The topological polar surface area (TPSA) is 87.8 Å². The fourth-order valence-corrected chi connectivity index (χ4v) is 4.65. The van der Waals surface area contributed by atoms with E-state index in [2.05, 4.69) is 46.7 Å². The molecule has 0 bridgehead atoms. The number of likely N-dealkylation sites (N-methyl/N-ethyl adjacent to an activating group) is 1. The third-order valence-corrected chi connectivity index (χ3v) is 6.42. The monoisotopic (exact) mass is 487 g/mol. The number of halogens is 2. The maximum Gasteiger partial charge on any atom is 0.260 e. The highest BCUT2D eigenvalue weighted by molar-refractivity contribution is 6.38. The number of benzene rings is 2. The van der Waals surface area contributed by atoms with Gasteiger partial charge >= 0.3 is 0 Å². The van der Waals surface area contributed by atoms with Crippen molar-refractivity contribution in [2.75, 3.05) is 32.6 Å². The molecular formula is C24H23Cl2N3O4. The van der Waals surface area contributed by atoms with Crippen LogP contribution in [-0.4, -0.2) is 48.3 Å². The van der Waals surface area contributed by atoms with Gasteiger partial charge in [-0.2, -0.15) is 0 Å². The summed E-state index contributed by atoms with van der Waals surface area (Å²) >= 11 is 6.56. The Morgan fingerprint density at radius 2 is 2.00 bits per heavy atom. The summed E-state index contributed by atoms with van der Waals surface area (Å²) in [6.07, 6.45) is 1.16. The van der Waals surface area contributed by atoms with Gasteiger partial charge in [0.2, 0.25) is 5.76 Å². The van der Waals surface area contributed by atoms with E-state index in [-0.39, 0.29) is 35.4 Å². The fourth-order valence-electron chi connectivity index (χ4n) is 4.38. The molecule has 1 unspecified atom stereocenters. The summed E-state index contributed by atoms with van der Waals surface area (Å²) in [5.41, 5.74) is 4.20. The Labute approximate surface area is 202 Å². The van der Waals surface area contributed by atoms with Crippen molar-refractivity contribution < 1.29 is 19.2 Å². The van der Waals surface area contributed by atoms with Crippen molar-refractivity contribution in [1.29, 1.82) is 0 Å². The average molecular weight is 488 g/mol. The number of hydrogen-bond acceptors (Lipinski definition) is 6. The van der Waals surface area contributed by atoms with E-state index in [0.29, 0.717) is 22.2 Å². The number of aliphatic hydroxyl groups excluding tert-OH is 1. The lowest BCUT2D eigenvalue weighted by Gasteiger charge is -2.13. The zero-order valence-electron chi connectivity index (χ0n) is 18.1. The second-order valence-corrected chi connectivity index (χ2v) is 8.57. The van der Waals surface area contributed by atoms with Crippen LogP contribution in [-0.2, 0) is 4.79 Å². The zero-order chi connectivity index (χ0) is 22.4. The maximum atomic E-state index is 12.6. The van der Waals surface area contributed by atoms with Crippen LogP contribution in [0.4, 0.5) is 5.69 Å². The summed E-state index contributed by atoms with van der Waals surface area (Å²) < 4.78 is 10.1.